The Hall–Kier alpha value is -2.44. The van der Waals surface area contributed by atoms with Crippen molar-refractivity contribution in [2.75, 3.05) is 25.1 Å². The molecule has 2 N–H and O–H groups in total. The third kappa shape index (κ3) is 4.53. The van der Waals surface area contributed by atoms with E-state index in [0.29, 0.717) is 12.3 Å². The maximum absolute atomic E-state index is 11.8. The maximum atomic E-state index is 11.8. The molecule has 1 aromatic carbocycles. The maximum Gasteiger partial charge on any atom is 0.407 e. The van der Waals surface area contributed by atoms with Gasteiger partial charge < -0.3 is 24.8 Å². The van der Waals surface area contributed by atoms with E-state index < -0.39 is 17.7 Å². The highest BCUT2D eigenvalue weighted by molar-refractivity contribution is 5.92. The molecular formula is C17H24N2O5. The first-order valence-electron chi connectivity index (χ1n) is 7.85. The highest BCUT2D eigenvalue weighted by Crippen LogP contribution is 2.27. The number of carbonyl (C=O) groups excluding carboxylic acids is 1. The zero-order valence-electron chi connectivity index (χ0n) is 14.5. The number of carbonyl (C=O) groups is 2. The summed E-state index contributed by atoms with van der Waals surface area (Å²) in [5.74, 6) is -0.704. The minimum atomic E-state index is -1.03. The molecule has 1 atom stereocenters. The van der Waals surface area contributed by atoms with Crippen LogP contribution in [-0.4, -0.2) is 49.0 Å². The highest BCUT2D eigenvalue weighted by atomic mass is 16.6. The molecular weight excluding hydrogens is 312 g/mol. The van der Waals surface area contributed by atoms with Crippen LogP contribution in [0.3, 0.4) is 0 Å². The minimum absolute atomic E-state index is 0.0322. The fraction of sp³-hybridized carbons (Fsp3) is 0.529. The lowest BCUT2D eigenvalue weighted by Gasteiger charge is -2.22. The van der Waals surface area contributed by atoms with Crippen LogP contribution in [0.1, 0.15) is 37.6 Å². The smallest absolute Gasteiger partial charge is 0.407 e. The summed E-state index contributed by atoms with van der Waals surface area (Å²) in [6.07, 6.45) is 0.337. The number of aromatic carboxylic acids is 1. The van der Waals surface area contributed by atoms with E-state index in [-0.39, 0.29) is 11.6 Å². The molecule has 7 nitrogen and oxygen atoms in total. The summed E-state index contributed by atoms with van der Waals surface area (Å²) in [5.41, 5.74) is 0.384. The lowest BCUT2D eigenvalue weighted by Crippen LogP contribution is -2.40. The SMILES string of the molecule is COc1ccc(N2CCC(NC(=O)OC(C)(C)C)C2)cc1C(=O)O. The fourth-order valence-corrected chi connectivity index (χ4v) is 2.65. The number of carboxylic acids is 1. The highest BCUT2D eigenvalue weighted by Gasteiger charge is 2.27. The Kier molecular flexibility index (Phi) is 5.21. The standard InChI is InChI=1S/C17H24N2O5/c1-17(2,3)24-16(22)18-11-7-8-19(10-11)12-5-6-14(23-4)13(9-12)15(20)21/h5-6,9,11H,7-8,10H2,1-4H3,(H,18,22)(H,20,21). The van der Waals surface area contributed by atoms with E-state index in [9.17, 15) is 14.7 Å². The molecule has 0 spiro atoms. The third-order valence-electron chi connectivity index (χ3n) is 3.69. The zero-order valence-corrected chi connectivity index (χ0v) is 14.5. The number of hydrogen-bond donors (Lipinski definition) is 2. The Morgan fingerprint density at radius 1 is 1.33 bits per heavy atom. The van der Waals surface area contributed by atoms with Crippen LogP contribution in [0, 0.1) is 0 Å². The summed E-state index contributed by atoms with van der Waals surface area (Å²) in [6.45, 7) is 6.78. The molecule has 0 bridgehead atoms. The van der Waals surface area contributed by atoms with Crippen LogP contribution in [0.2, 0.25) is 0 Å². The predicted octanol–water partition coefficient (Wildman–Crippen LogP) is 2.50. The third-order valence-corrected chi connectivity index (χ3v) is 3.69. The molecule has 24 heavy (non-hydrogen) atoms. The number of amides is 1. The van der Waals surface area contributed by atoms with Gasteiger partial charge in [0.15, 0.2) is 0 Å². The van der Waals surface area contributed by atoms with Gasteiger partial charge in [-0.05, 0) is 45.4 Å². The summed E-state index contributed by atoms with van der Waals surface area (Å²) < 4.78 is 10.3. The molecule has 1 fully saturated rings. The van der Waals surface area contributed by atoms with Gasteiger partial charge in [-0.25, -0.2) is 9.59 Å². The Labute approximate surface area is 141 Å². The fourth-order valence-electron chi connectivity index (χ4n) is 2.65. The lowest BCUT2D eigenvalue weighted by atomic mass is 10.1. The molecule has 1 aromatic rings. The first-order valence-corrected chi connectivity index (χ1v) is 7.85. The molecule has 1 aliphatic rings. The van der Waals surface area contributed by atoms with Crippen molar-refractivity contribution in [3.05, 3.63) is 23.8 Å². The Bertz CT molecular complexity index is 624. The van der Waals surface area contributed by atoms with Gasteiger partial charge in [-0.2, -0.15) is 0 Å². The second kappa shape index (κ2) is 6.98. The van der Waals surface area contributed by atoms with Crippen molar-refractivity contribution in [2.24, 2.45) is 0 Å². The van der Waals surface area contributed by atoms with Crippen LogP contribution in [0.15, 0.2) is 18.2 Å². The summed E-state index contributed by atoms with van der Waals surface area (Å²) in [7, 11) is 1.44. The first-order chi connectivity index (χ1) is 11.2. The van der Waals surface area contributed by atoms with Crippen molar-refractivity contribution < 1.29 is 24.2 Å². The second-order valence-electron chi connectivity index (χ2n) is 6.77. The number of nitrogens with zero attached hydrogens (tertiary/aromatic N) is 1. The van der Waals surface area contributed by atoms with Crippen LogP contribution in [-0.2, 0) is 4.74 Å². The average Bonchev–Trinajstić information content (AvgIpc) is 2.92. The number of rotatable bonds is 4. The van der Waals surface area contributed by atoms with Crippen molar-refractivity contribution >= 4 is 17.7 Å². The second-order valence-corrected chi connectivity index (χ2v) is 6.77. The lowest BCUT2D eigenvalue weighted by molar-refractivity contribution is 0.0508. The van der Waals surface area contributed by atoms with E-state index in [2.05, 4.69) is 5.32 Å². The molecule has 7 heteroatoms. The number of hydrogen-bond acceptors (Lipinski definition) is 5. The summed E-state index contributed by atoms with van der Waals surface area (Å²) in [4.78, 5) is 25.2. The monoisotopic (exact) mass is 336 g/mol. The zero-order chi connectivity index (χ0) is 17.9. The molecule has 1 amide bonds. The Morgan fingerprint density at radius 2 is 2.04 bits per heavy atom. The van der Waals surface area contributed by atoms with Crippen LogP contribution < -0.4 is 15.0 Å². The number of nitrogens with one attached hydrogen (secondary N) is 1. The van der Waals surface area contributed by atoms with Gasteiger partial charge in [-0.3, -0.25) is 0 Å². The average molecular weight is 336 g/mol. The number of methoxy groups -OCH3 is 1. The molecule has 1 unspecified atom stereocenters. The normalized spacial score (nSPS) is 17.5. The first kappa shape index (κ1) is 17.9. The Balaban J connectivity index is 2.02. The Morgan fingerprint density at radius 3 is 2.62 bits per heavy atom. The quantitative estimate of drug-likeness (QED) is 0.878. The van der Waals surface area contributed by atoms with Crippen molar-refractivity contribution in [2.45, 2.75) is 38.8 Å². The molecule has 0 radical (unpaired) electrons. The van der Waals surface area contributed by atoms with Gasteiger partial charge in [0.05, 0.1) is 13.2 Å². The van der Waals surface area contributed by atoms with E-state index >= 15 is 0 Å². The van der Waals surface area contributed by atoms with Crippen LogP contribution in [0.25, 0.3) is 0 Å². The van der Waals surface area contributed by atoms with Gasteiger partial charge in [0.25, 0.3) is 0 Å². The molecule has 1 heterocycles. The molecule has 132 valence electrons. The van der Waals surface area contributed by atoms with Gasteiger partial charge in [0.1, 0.15) is 16.9 Å². The summed E-state index contributed by atoms with van der Waals surface area (Å²) in [6, 6.07) is 5.03. The molecule has 0 aliphatic carbocycles. The molecule has 2 rings (SSSR count). The number of anilines is 1. The van der Waals surface area contributed by atoms with Crippen molar-refractivity contribution in [1.29, 1.82) is 0 Å². The number of benzene rings is 1. The summed E-state index contributed by atoms with van der Waals surface area (Å²) >= 11 is 0. The van der Waals surface area contributed by atoms with Crippen molar-refractivity contribution in [1.82, 2.24) is 5.32 Å². The molecule has 0 aromatic heterocycles. The van der Waals surface area contributed by atoms with E-state index in [1.54, 1.807) is 12.1 Å². The topological polar surface area (TPSA) is 88.1 Å². The number of alkyl carbamates (subject to hydrolysis) is 1. The van der Waals surface area contributed by atoms with Gasteiger partial charge in [0, 0.05) is 18.8 Å². The number of carboxylic acid groups (broad SMARTS) is 1. The molecule has 1 aliphatic heterocycles. The predicted molar refractivity (Wildman–Crippen MR) is 89.9 cm³/mol. The van der Waals surface area contributed by atoms with Gasteiger partial charge in [-0.1, -0.05) is 0 Å². The van der Waals surface area contributed by atoms with Crippen LogP contribution in [0.4, 0.5) is 10.5 Å². The van der Waals surface area contributed by atoms with Gasteiger partial charge in [0.2, 0.25) is 0 Å². The molecule has 0 saturated carbocycles. The van der Waals surface area contributed by atoms with E-state index in [0.717, 1.165) is 18.7 Å². The molecule has 1 saturated heterocycles. The number of ether oxygens (including phenoxy) is 2. The van der Waals surface area contributed by atoms with Crippen molar-refractivity contribution in [3.63, 3.8) is 0 Å². The minimum Gasteiger partial charge on any atom is -0.496 e. The van der Waals surface area contributed by atoms with Gasteiger partial charge >= 0.3 is 12.1 Å². The summed E-state index contributed by atoms with van der Waals surface area (Å²) in [5, 5.41) is 12.1. The van der Waals surface area contributed by atoms with E-state index in [4.69, 9.17) is 9.47 Å². The van der Waals surface area contributed by atoms with Gasteiger partial charge in [-0.15, -0.1) is 0 Å². The van der Waals surface area contributed by atoms with E-state index in [1.165, 1.54) is 7.11 Å². The van der Waals surface area contributed by atoms with Crippen LogP contribution >= 0.6 is 0 Å². The van der Waals surface area contributed by atoms with Crippen LogP contribution in [0.5, 0.6) is 5.75 Å². The van der Waals surface area contributed by atoms with E-state index in [1.807, 2.05) is 31.7 Å². The largest absolute Gasteiger partial charge is 0.496 e. The van der Waals surface area contributed by atoms with Crippen molar-refractivity contribution in [3.8, 4) is 5.75 Å².